The van der Waals surface area contributed by atoms with Gasteiger partial charge in [0, 0.05) is 18.7 Å². The van der Waals surface area contributed by atoms with Crippen LogP contribution in [0.1, 0.15) is 39.1 Å². The number of anilines is 1. The molecule has 144 valence electrons. The number of amides is 3. The molecule has 0 fully saturated rings. The predicted molar refractivity (Wildman–Crippen MR) is 102 cm³/mol. The summed E-state index contributed by atoms with van der Waals surface area (Å²) in [5.41, 5.74) is 2.45. The van der Waals surface area contributed by atoms with Crippen LogP contribution in [0.5, 0.6) is 0 Å². The molecule has 0 unspecified atom stereocenters. The predicted octanol–water partition coefficient (Wildman–Crippen LogP) is 2.55. The molecule has 0 saturated heterocycles. The summed E-state index contributed by atoms with van der Waals surface area (Å²) in [6.45, 7) is 1.67. The number of ether oxygens (including phenoxy) is 1. The van der Waals surface area contributed by atoms with Crippen molar-refractivity contribution in [2.75, 3.05) is 18.5 Å². The number of hydrogen-bond donors (Lipinski definition) is 1. The summed E-state index contributed by atoms with van der Waals surface area (Å²) in [5, 5.41) is 2.63. The van der Waals surface area contributed by atoms with Crippen molar-refractivity contribution in [3.8, 4) is 0 Å². The molecule has 0 atom stereocenters. The van der Waals surface area contributed by atoms with E-state index in [9.17, 15) is 19.2 Å². The maximum absolute atomic E-state index is 12.2. The largest absolute Gasteiger partial charge is 0.456 e. The van der Waals surface area contributed by atoms with E-state index < -0.39 is 11.9 Å². The Labute approximate surface area is 162 Å². The molecule has 1 aliphatic heterocycles. The Morgan fingerprint density at radius 1 is 0.964 bits per heavy atom. The molecule has 1 aliphatic rings. The number of hydrogen-bond acceptors (Lipinski definition) is 5. The van der Waals surface area contributed by atoms with Gasteiger partial charge in [-0.3, -0.25) is 24.1 Å². The first-order valence-electron chi connectivity index (χ1n) is 8.93. The molecule has 2 aromatic carbocycles. The number of nitrogens with zero attached hydrogens (tertiary/aromatic N) is 1. The first-order valence-corrected chi connectivity index (χ1v) is 8.93. The van der Waals surface area contributed by atoms with Gasteiger partial charge in [0.2, 0.25) is 0 Å². The van der Waals surface area contributed by atoms with Crippen molar-refractivity contribution < 1.29 is 23.9 Å². The fourth-order valence-electron chi connectivity index (χ4n) is 2.88. The van der Waals surface area contributed by atoms with Gasteiger partial charge in [0.25, 0.3) is 17.7 Å². The van der Waals surface area contributed by atoms with Crippen LogP contribution in [-0.4, -0.2) is 41.7 Å². The van der Waals surface area contributed by atoms with Crippen LogP contribution in [0.3, 0.4) is 0 Å². The molecule has 7 nitrogen and oxygen atoms in total. The smallest absolute Gasteiger partial charge is 0.306 e. The number of esters is 1. The quantitative estimate of drug-likeness (QED) is 0.589. The van der Waals surface area contributed by atoms with Crippen molar-refractivity contribution in [2.24, 2.45) is 0 Å². The minimum Gasteiger partial charge on any atom is -0.456 e. The Bertz CT molecular complexity index is 886. The normalized spacial score (nSPS) is 12.7. The number of fused-ring (bicyclic) bond motifs is 1. The topological polar surface area (TPSA) is 92.8 Å². The van der Waals surface area contributed by atoms with Gasteiger partial charge in [-0.25, -0.2) is 0 Å². The highest BCUT2D eigenvalue weighted by Crippen LogP contribution is 2.22. The average molecular weight is 380 g/mol. The molecule has 0 spiro atoms. The summed E-state index contributed by atoms with van der Waals surface area (Å²) in [5.74, 6) is -1.70. The molecule has 1 N–H and O–H groups in total. The molecule has 2 aromatic rings. The summed E-state index contributed by atoms with van der Waals surface area (Å²) in [7, 11) is 0. The monoisotopic (exact) mass is 380 g/mol. The Morgan fingerprint density at radius 2 is 1.57 bits per heavy atom. The highest BCUT2D eigenvalue weighted by Gasteiger charge is 2.34. The fourth-order valence-corrected chi connectivity index (χ4v) is 2.88. The Morgan fingerprint density at radius 3 is 2.18 bits per heavy atom. The van der Waals surface area contributed by atoms with E-state index in [4.69, 9.17) is 4.74 Å². The number of benzene rings is 2. The molecule has 28 heavy (non-hydrogen) atoms. The lowest BCUT2D eigenvalue weighted by Gasteiger charge is -2.13. The molecule has 0 aliphatic carbocycles. The summed E-state index contributed by atoms with van der Waals surface area (Å²) < 4.78 is 4.94. The standard InChI is InChI=1S/C21H20N2O5/c1-14-8-10-15(11-9-14)22-18(24)13-28-19(25)7-4-12-23-20(26)16-5-2-3-6-17(16)21(23)27/h2-3,5-6,8-11H,4,7,12-13H2,1H3,(H,22,24). The average Bonchev–Trinajstić information content (AvgIpc) is 2.93. The molecule has 3 amide bonds. The number of aryl methyl sites for hydroxylation is 1. The molecule has 0 saturated carbocycles. The second-order valence-corrected chi connectivity index (χ2v) is 6.49. The van der Waals surface area contributed by atoms with Gasteiger partial charge in [-0.2, -0.15) is 0 Å². The lowest BCUT2D eigenvalue weighted by molar-refractivity contribution is -0.147. The van der Waals surface area contributed by atoms with Crippen LogP contribution in [0, 0.1) is 6.92 Å². The van der Waals surface area contributed by atoms with Crippen molar-refractivity contribution in [3.63, 3.8) is 0 Å². The second-order valence-electron chi connectivity index (χ2n) is 6.49. The maximum atomic E-state index is 12.2. The third kappa shape index (κ3) is 4.43. The van der Waals surface area contributed by atoms with Gasteiger partial charge in [0.05, 0.1) is 11.1 Å². The zero-order valence-electron chi connectivity index (χ0n) is 15.4. The maximum Gasteiger partial charge on any atom is 0.306 e. The highest BCUT2D eigenvalue weighted by atomic mass is 16.5. The van der Waals surface area contributed by atoms with E-state index in [-0.39, 0.29) is 37.8 Å². The van der Waals surface area contributed by atoms with E-state index in [1.54, 1.807) is 36.4 Å². The number of nitrogens with one attached hydrogen (secondary N) is 1. The van der Waals surface area contributed by atoms with Crippen LogP contribution < -0.4 is 5.32 Å². The van der Waals surface area contributed by atoms with Crippen LogP contribution in [0.25, 0.3) is 0 Å². The summed E-state index contributed by atoms with van der Waals surface area (Å²) >= 11 is 0. The van der Waals surface area contributed by atoms with Crippen molar-refractivity contribution in [1.82, 2.24) is 4.90 Å². The van der Waals surface area contributed by atoms with Gasteiger partial charge in [0.1, 0.15) is 0 Å². The van der Waals surface area contributed by atoms with Crippen molar-refractivity contribution in [1.29, 1.82) is 0 Å². The summed E-state index contributed by atoms with van der Waals surface area (Å²) in [4.78, 5) is 49.2. The van der Waals surface area contributed by atoms with Gasteiger partial charge in [-0.05, 0) is 37.6 Å². The number of carbonyl (C=O) groups is 4. The van der Waals surface area contributed by atoms with E-state index in [1.165, 1.54) is 0 Å². The molecule has 0 aromatic heterocycles. The van der Waals surface area contributed by atoms with Crippen molar-refractivity contribution >= 4 is 29.4 Å². The van der Waals surface area contributed by atoms with Gasteiger partial charge in [-0.1, -0.05) is 29.8 Å². The van der Waals surface area contributed by atoms with E-state index in [0.29, 0.717) is 16.8 Å². The van der Waals surface area contributed by atoms with E-state index in [1.807, 2.05) is 19.1 Å². The molecule has 7 heteroatoms. The first-order chi connectivity index (χ1) is 13.5. The highest BCUT2D eigenvalue weighted by molar-refractivity contribution is 6.21. The molecule has 0 radical (unpaired) electrons. The third-order valence-corrected chi connectivity index (χ3v) is 4.34. The number of imide groups is 1. The zero-order chi connectivity index (χ0) is 20.1. The van der Waals surface area contributed by atoms with Crippen LogP contribution in [0.2, 0.25) is 0 Å². The summed E-state index contributed by atoms with van der Waals surface area (Å²) in [6, 6.07) is 13.9. The Hall–Kier alpha value is -3.48. The van der Waals surface area contributed by atoms with Crippen molar-refractivity contribution in [3.05, 3.63) is 65.2 Å². The number of rotatable bonds is 7. The minimum atomic E-state index is -0.560. The lowest BCUT2D eigenvalue weighted by Crippen LogP contribution is -2.31. The fraction of sp³-hybridized carbons (Fsp3) is 0.238. The van der Waals surface area contributed by atoms with E-state index in [2.05, 4.69) is 5.32 Å². The van der Waals surface area contributed by atoms with Crippen LogP contribution in [0.4, 0.5) is 5.69 Å². The van der Waals surface area contributed by atoms with Crippen LogP contribution in [-0.2, 0) is 14.3 Å². The first kappa shape index (κ1) is 19.3. The number of carbonyl (C=O) groups excluding carboxylic acids is 4. The lowest BCUT2D eigenvalue weighted by atomic mass is 10.1. The van der Waals surface area contributed by atoms with E-state index in [0.717, 1.165) is 10.5 Å². The summed E-state index contributed by atoms with van der Waals surface area (Å²) in [6.07, 6.45) is 0.273. The molecule has 3 rings (SSSR count). The SMILES string of the molecule is Cc1ccc(NC(=O)COC(=O)CCCN2C(=O)c3ccccc3C2=O)cc1. The van der Waals surface area contributed by atoms with Gasteiger partial charge in [-0.15, -0.1) is 0 Å². The van der Waals surface area contributed by atoms with Crippen LogP contribution in [0.15, 0.2) is 48.5 Å². The van der Waals surface area contributed by atoms with Gasteiger partial charge in [0.15, 0.2) is 6.61 Å². The minimum absolute atomic E-state index is 0.00518. The molecular formula is C21H20N2O5. The molecule has 0 bridgehead atoms. The molecular weight excluding hydrogens is 360 g/mol. The van der Waals surface area contributed by atoms with Gasteiger partial charge >= 0.3 is 5.97 Å². The Kier molecular flexibility index (Phi) is 5.84. The second kappa shape index (κ2) is 8.47. The zero-order valence-corrected chi connectivity index (χ0v) is 15.4. The molecule has 1 heterocycles. The van der Waals surface area contributed by atoms with Gasteiger partial charge < -0.3 is 10.1 Å². The third-order valence-electron chi connectivity index (χ3n) is 4.34. The van der Waals surface area contributed by atoms with Crippen molar-refractivity contribution in [2.45, 2.75) is 19.8 Å². The Balaban J connectivity index is 1.39. The van der Waals surface area contributed by atoms with E-state index >= 15 is 0 Å². The van der Waals surface area contributed by atoms with Crippen LogP contribution >= 0.6 is 0 Å².